The topological polar surface area (TPSA) is 61.8 Å². The number of hydrogen-bond donors (Lipinski definition) is 0. The van der Waals surface area contributed by atoms with E-state index in [0.29, 0.717) is 25.4 Å². The Kier molecular flexibility index (Phi) is 3.40. The standard InChI is InChI=1S/C17H24O5/c1-5-22-17-7-6-12(17)15(2)10-16(13(18)20-3,14(19)21-4)8-11(15)9-17/h9,12H,5-8,10H2,1-4H3/t12-,15+,17-/m1/s1. The van der Waals surface area contributed by atoms with Crippen LogP contribution in [-0.4, -0.2) is 38.4 Å². The number of carbonyl (C=O) groups excluding carboxylic acids is 2. The van der Waals surface area contributed by atoms with Gasteiger partial charge in [-0.25, -0.2) is 0 Å². The van der Waals surface area contributed by atoms with Crippen LogP contribution in [0.5, 0.6) is 0 Å². The minimum Gasteiger partial charge on any atom is -0.468 e. The maximum absolute atomic E-state index is 12.3. The molecule has 0 saturated heterocycles. The number of fused-ring (bicyclic) bond motifs is 3. The number of carbonyl (C=O) groups is 2. The Balaban J connectivity index is 2.00. The van der Waals surface area contributed by atoms with Crippen molar-refractivity contribution in [2.75, 3.05) is 20.8 Å². The van der Waals surface area contributed by atoms with Gasteiger partial charge in [0.2, 0.25) is 0 Å². The normalized spacial score (nSPS) is 37.6. The Hall–Kier alpha value is -1.36. The van der Waals surface area contributed by atoms with E-state index in [4.69, 9.17) is 14.2 Å². The number of hydrogen-bond acceptors (Lipinski definition) is 5. The lowest BCUT2D eigenvalue weighted by Crippen LogP contribution is -2.52. The summed E-state index contributed by atoms with van der Waals surface area (Å²) < 4.78 is 15.9. The Labute approximate surface area is 131 Å². The maximum Gasteiger partial charge on any atom is 0.323 e. The zero-order valence-electron chi connectivity index (χ0n) is 13.7. The van der Waals surface area contributed by atoms with Crippen LogP contribution in [0.15, 0.2) is 11.6 Å². The summed E-state index contributed by atoms with van der Waals surface area (Å²) in [5.74, 6) is -0.638. The molecule has 0 spiro atoms. The van der Waals surface area contributed by atoms with Crippen LogP contribution in [0.25, 0.3) is 0 Å². The van der Waals surface area contributed by atoms with Crippen molar-refractivity contribution >= 4 is 11.9 Å². The number of esters is 2. The van der Waals surface area contributed by atoms with Crippen LogP contribution in [0.3, 0.4) is 0 Å². The van der Waals surface area contributed by atoms with Gasteiger partial charge in [0.1, 0.15) is 0 Å². The van der Waals surface area contributed by atoms with Gasteiger partial charge in [0, 0.05) is 12.5 Å². The highest BCUT2D eigenvalue weighted by Crippen LogP contribution is 2.69. The molecule has 0 radical (unpaired) electrons. The molecule has 5 nitrogen and oxygen atoms in total. The fourth-order valence-corrected chi connectivity index (χ4v) is 5.04. The molecule has 3 aliphatic carbocycles. The highest BCUT2D eigenvalue weighted by atomic mass is 16.5. The second kappa shape index (κ2) is 4.82. The summed E-state index contributed by atoms with van der Waals surface area (Å²) in [4.78, 5) is 24.7. The van der Waals surface area contributed by atoms with E-state index < -0.39 is 17.4 Å². The average molecular weight is 308 g/mol. The summed E-state index contributed by atoms with van der Waals surface area (Å²) in [6, 6.07) is 0. The van der Waals surface area contributed by atoms with Crippen molar-refractivity contribution in [3.05, 3.63) is 11.6 Å². The smallest absolute Gasteiger partial charge is 0.323 e. The van der Waals surface area contributed by atoms with Crippen LogP contribution in [0.1, 0.15) is 39.5 Å². The molecule has 0 aromatic carbocycles. The molecule has 122 valence electrons. The lowest BCUT2D eigenvalue weighted by molar-refractivity contribution is -0.172. The highest BCUT2D eigenvalue weighted by molar-refractivity contribution is 6.01. The SMILES string of the molecule is CCO[C@]12C=C3CC(C(=O)OC)(C(=O)OC)C[C@]3(C)[C@H]1CC2. The van der Waals surface area contributed by atoms with Crippen molar-refractivity contribution in [2.24, 2.45) is 16.7 Å². The third kappa shape index (κ3) is 1.69. The van der Waals surface area contributed by atoms with E-state index in [1.807, 2.05) is 6.92 Å². The Morgan fingerprint density at radius 1 is 1.27 bits per heavy atom. The van der Waals surface area contributed by atoms with Crippen molar-refractivity contribution < 1.29 is 23.8 Å². The summed E-state index contributed by atoms with van der Waals surface area (Å²) in [5.41, 5.74) is -0.412. The zero-order chi connectivity index (χ0) is 16.2. The lowest BCUT2D eigenvalue weighted by Gasteiger charge is -2.50. The molecule has 3 rings (SSSR count). The first-order valence-electron chi connectivity index (χ1n) is 7.91. The number of rotatable bonds is 4. The molecule has 3 atom stereocenters. The third-order valence-corrected chi connectivity index (χ3v) is 6.06. The van der Waals surface area contributed by atoms with Crippen molar-refractivity contribution in [3.8, 4) is 0 Å². The van der Waals surface area contributed by atoms with Crippen LogP contribution in [0, 0.1) is 16.7 Å². The van der Waals surface area contributed by atoms with Crippen LogP contribution >= 0.6 is 0 Å². The van der Waals surface area contributed by atoms with Crippen LogP contribution in [-0.2, 0) is 23.8 Å². The molecule has 0 bridgehead atoms. The average Bonchev–Trinajstić information content (AvgIpc) is 2.84. The molecule has 5 heteroatoms. The van der Waals surface area contributed by atoms with Crippen molar-refractivity contribution in [3.63, 3.8) is 0 Å². The van der Waals surface area contributed by atoms with Crippen LogP contribution in [0.2, 0.25) is 0 Å². The molecule has 0 aliphatic heterocycles. The summed E-state index contributed by atoms with van der Waals surface area (Å²) >= 11 is 0. The quantitative estimate of drug-likeness (QED) is 0.453. The van der Waals surface area contributed by atoms with E-state index in [9.17, 15) is 9.59 Å². The summed E-state index contributed by atoms with van der Waals surface area (Å²) in [5, 5.41) is 0. The van der Waals surface area contributed by atoms with Gasteiger partial charge in [-0.15, -0.1) is 0 Å². The monoisotopic (exact) mass is 308 g/mol. The molecule has 0 N–H and O–H groups in total. The van der Waals surface area contributed by atoms with E-state index in [0.717, 1.165) is 18.4 Å². The van der Waals surface area contributed by atoms with Gasteiger partial charge < -0.3 is 14.2 Å². The molecule has 0 unspecified atom stereocenters. The second-order valence-corrected chi connectivity index (χ2v) is 6.99. The predicted octanol–water partition coefficient (Wildman–Crippen LogP) is 2.24. The molecule has 3 aliphatic rings. The summed E-state index contributed by atoms with van der Waals surface area (Å²) in [6.07, 6.45) is 5.10. The third-order valence-electron chi connectivity index (χ3n) is 6.06. The Bertz CT molecular complexity index is 535. The van der Waals surface area contributed by atoms with Crippen molar-refractivity contribution in [1.29, 1.82) is 0 Å². The Morgan fingerprint density at radius 3 is 2.36 bits per heavy atom. The van der Waals surface area contributed by atoms with E-state index in [2.05, 4.69) is 13.0 Å². The number of methoxy groups -OCH3 is 2. The van der Waals surface area contributed by atoms with Gasteiger partial charge in [-0.2, -0.15) is 0 Å². The number of allylic oxidation sites excluding steroid dienone is 1. The summed E-state index contributed by atoms with van der Waals surface area (Å²) in [7, 11) is 2.65. The van der Waals surface area contributed by atoms with Gasteiger partial charge in [-0.05, 0) is 38.0 Å². The fraction of sp³-hybridized carbons (Fsp3) is 0.765. The first kappa shape index (κ1) is 15.5. The highest BCUT2D eigenvalue weighted by Gasteiger charge is 2.69. The molecule has 2 fully saturated rings. The van der Waals surface area contributed by atoms with Gasteiger partial charge >= 0.3 is 11.9 Å². The minimum absolute atomic E-state index is 0.183. The maximum atomic E-state index is 12.3. The van der Waals surface area contributed by atoms with E-state index in [-0.39, 0.29) is 11.0 Å². The van der Waals surface area contributed by atoms with Crippen molar-refractivity contribution in [1.82, 2.24) is 0 Å². The fourth-order valence-electron chi connectivity index (χ4n) is 5.04. The van der Waals surface area contributed by atoms with E-state index in [1.54, 1.807) is 0 Å². The zero-order valence-corrected chi connectivity index (χ0v) is 13.7. The van der Waals surface area contributed by atoms with Crippen LogP contribution < -0.4 is 0 Å². The van der Waals surface area contributed by atoms with Crippen molar-refractivity contribution in [2.45, 2.75) is 45.1 Å². The molecule has 2 saturated carbocycles. The van der Waals surface area contributed by atoms with E-state index in [1.165, 1.54) is 14.2 Å². The Morgan fingerprint density at radius 2 is 1.91 bits per heavy atom. The second-order valence-electron chi connectivity index (χ2n) is 6.99. The molecule has 0 aromatic heterocycles. The van der Waals surface area contributed by atoms with Gasteiger partial charge in [-0.1, -0.05) is 18.6 Å². The number of ether oxygens (including phenoxy) is 3. The lowest BCUT2D eigenvalue weighted by atomic mass is 9.59. The molecular weight excluding hydrogens is 284 g/mol. The van der Waals surface area contributed by atoms with Gasteiger partial charge in [0.25, 0.3) is 0 Å². The van der Waals surface area contributed by atoms with Gasteiger partial charge in [0.15, 0.2) is 5.41 Å². The predicted molar refractivity (Wildman–Crippen MR) is 79.0 cm³/mol. The minimum atomic E-state index is -1.20. The van der Waals surface area contributed by atoms with Gasteiger partial charge in [0.05, 0.1) is 19.8 Å². The first-order valence-corrected chi connectivity index (χ1v) is 7.91. The largest absolute Gasteiger partial charge is 0.468 e. The molecule has 0 aromatic rings. The van der Waals surface area contributed by atoms with Gasteiger partial charge in [-0.3, -0.25) is 9.59 Å². The molecular formula is C17H24O5. The molecule has 0 amide bonds. The molecule has 0 heterocycles. The van der Waals surface area contributed by atoms with Crippen LogP contribution in [0.4, 0.5) is 0 Å². The molecule has 22 heavy (non-hydrogen) atoms. The van der Waals surface area contributed by atoms with E-state index >= 15 is 0 Å². The first-order chi connectivity index (χ1) is 10.4. The summed E-state index contributed by atoms with van der Waals surface area (Å²) in [6.45, 7) is 4.83.